The number of nitrogens with zero attached hydrogens (tertiary/aromatic N) is 1. The molecule has 1 amide bonds. The average molecular weight is 360 g/mol. The summed E-state index contributed by atoms with van der Waals surface area (Å²) >= 11 is 0. The zero-order chi connectivity index (χ0) is 18.7. The zero-order valence-corrected chi connectivity index (χ0v) is 17.4. The highest BCUT2D eigenvalue weighted by molar-refractivity contribution is 5.79. The van der Waals surface area contributed by atoms with Gasteiger partial charge in [0.25, 0.3) is 0 Å². The number of ketones is 1. The van der Waals surface area contributed by atoms with Crippen molar-refractivity contribution in [2.24, 2.45) is 11.8 Å². The molecule has 1 rings (SSSR count). The van der Waals surface area contributed by atoms with E-state index in [0.29, 0.717) is 12.3 Å². The first kappa shape index (κ1) is 26.3. The first-order valence-electron chi connectivity index (χ1n) is 9.75. The SMILES string of the molecule is CC.CC[C@@H](C)CCCC(=O)N1CCC[C@@H]1C(OC)[C@H](C)C(C)=O.O. The van der Waals surface area contributed by atoms with E-state index in [0.717, 1.165) is 32.2 Å². The van der Waals surface area contributed by atoms with Crippen molar-refractivity contribution >= 4 is 11.7 Å². The maximum absolute atomic E-state index is 12.5. The van der Waals surface area contributed by atoms with E-state index in [2.05, 4.69) is 13.8 Å². The minimum atomic E-state index is -0.182. The Kier molecular flexibility index (Phi) is 15.0. The van der Waals surface area contributed by atoms with E-state index in [-0.39, 0.29) is 35.2 Å². The Morgan fingerprint density at radius 1 is 1.24 bits per heavy atom. The molecule has 1 unspecified atom stereocenters. The second-order valence-electron chi connectivity index (χ2n) is 6.80. The Morgan fingerprint density at radius 3 is 2.32 bits per heavy atom. The molecular weight excluding hydrogens is 318 g/mol. The van der Waals surface area contributed by atoms with Crippen LogP contribution in [0.3, 0.4) is 0 Å². The minimum absolute atomic E-state index is 0. The largest absolute Gasteiger partial charge is 0.412 e. The highest BCUT2D eigenvalue weighted by Gasteiger charge is 2.38. The summed E-state index contributed by atoms with van der Waals surface area (Å²) in [5.41, 5.74) is 0. The van der Waals surface area contributed by atoms with Gasteiger partial charge in [0.2, 0.25) is 5.91 Å². The molecule has 2 N–H and O–H groups in total. The van der Waals surface area contributed by atoms with Crippen molar-refractivity contribution < 1.29 is 19.8 Å². The van der Waals surface area contributed by atoms with E-state index in [1.54, 1.807) is 14.0 Å². The molecule has 1 fully saturated rings. The third-order valence-corrected chi connectivity index (χ3v) is 5.19. The molecule has 0 spiro atoms. The van der Waals surface area contributed by atoms with Crippen molar-refractivity contribution in [3.8, 4) is 0 Å². The molecule has 0 saturated carbocycles. The van der Waals surface area contributed by atoms with Crippen LogP contribution in [0.15, 0.2) is 0 Å². The summed E-state index contributed by atoms with van der Waals surface area (Å²) in [7, 11) is 1.65. The van der Waals surface area contributed by atoms with Crippen LogP contribution in [0.25, 0.3) is 0 Å². The van der Waals surface area contributed by atoms with E-state index in [1.165, 1.54) is 6.42 Å². The first-order valence-corrected chi connectivity index (χ1v) is 9.75. The normalized spacial score (nSPS) is 20.0. The lowest BCUT2D eigenvalue weighted by Crippen LogP contribution is -2.47. The van der Waals surface area contributed by atoms with Crippen LogP contribution < -0.4 is 0 Å². The Hall–Kier alpha value is -0.940. The number of hydrogen-bond donors (Lipinski definition) is 0. The lowest BCUT2D eigenvalue weighted by molar-refractivity contribution is -0.138. The third-order valence-electron chi connectivity index (χ3n) is 5.19. The summed E-state index contributed by atoms with van der Waals surface area (Å²) in [6.07, 6.45) is 5.61. The fourth-order valence-corrected chi connectivity index (χ4v) is 3.32. The predicted octanol–water partition coefficient (Wildman–Crippen LogP) is 3.64. The number of ether oxygens (including phenoxy) is 1. The smallest absolute Gasteiger partial charge is 0.222 e. The fourth-order valence-electron chi connectivity index (χ4n) is 3.32. The van der Waals surface area contributed by atoms with Gasteiger partial charge in [-0.15, -0.1) is 0 Å². The minimum Gasteiger partial charge on any atom is -0.412 e. The van der Waals surface area contributed by atoms with Gasteiger partial charge < -0.3 is 15.1 Å². The molecule has 150 valence electrons. The molecule has 1 saturated heterocycles. The summed E-state index contributed by atoms with van der Waals surface area (Å²) in [6.45, 7) is 12.7. The molecule has 25 heavy (non-hydrogen) atoms. The van der Waals surface area contributed by atoms with Gasteiger partial charge in [-0.2, -0.15) is 0 Å². The van der Waals surface area contributed by atoms with E-state index < -0.39 is 0 Å². The van der Waals surface area contributed by atoms with Gasteiger partial charge in [0.05, 0.1) is 12.1 Å². The van der Waals surface area contributed by atoms with Crippen LogP contribution in [-0.2, 0) is 14.3 Å². The van der Waals surface area contributed by atoms with E-state index in [4.69, 9.17) is 4.74 Å². The first-order chi connectivity index (χ1) is 11.4. The van der Waals surface area contributed by atoms with E-state index in [1.807, 2.05) is 25.7 Å². The second kappa shape index (κ2) is 14.3. The molecule has 1 heterocycles. The van der Waals surface area contributed by atoms with Crippen LogP contribution in [-0.4, -0.2) is 47.9 Å². The molecule has 0 bridgehead atoms. The van der Waals surface area contributed by atoms with Gasteiger partial charge in [0, 0.05) is 26.0 Å². The van der Waals surface area contributed by atoms with Crippen LogP contribution in [0, 0.1) is 11.8 Å². The van der Waals surface area contributed by atoms with Crippen LogP contribution >= 0.6 is 0 Å². The van der Waals surface area contributed by atoms with Crippen molar-refractivity contribution in [3.05, 3.63) is 0 Å². The average Bonchev–Trinajstić information content (AvgIpc) is 3.06. The third kappa shape index (κ3) is 8.32. The molecule has 0 aromatic carbocycles. The lowest BCUT2D eigenvalue weighted by Gasteiger charge is -2.33. The van der Waals surface area contributed by atoms with E-state index in [9.17, 15) is 9.59 Å². The zero-order valence-electron chi connectivity index (χ0n) is 17.4. The van der Waals surface area contributed by atoms with Gasteiger partial charge in [0.15, 0.2) is 0 Å². The molecule has 5 nitrogen and oxygen atoms in total. The topological polar surface area (TPSA) is 78.1 Å². The predicted molar refractivity (Wildman–Crippen MR) is 104 cm³/mol. The fraction of sp³-hybridized carbons (Fsp3) is 0.900. The summed E-state index contributed by atoms with van der Waals surface area (Å²) in [4.78, 5) is 26.2. The highest BCUT2D eigenvalue weighted by Crippen LogP contribution is 2.27. The Balaban J connectivity index is 0. The summed E-state index contributed by atoms with van der Waals surface area (Å²) in [6, 6.07) is 0.0556. The maximum atomic E-state index is 12.5. The number of methoxy groups -OCH3 is 1. The van der Waals surface area contributed by atoms with Gasteiger partial charge in [0.1, 0.15) is 5.78 Å². The monoisotopic (exact) mass is 359 g/mol. The molecule has 1 aliphatic rings. The van der Waals surface area contributed by atoms with Gasteiger partial charge in [-0.25, -0.2) is 0 Å². The number of amides is 1. The second-order valence-corrected chi connectivity index (χ2v) is 6.80. The Morgan fingerprint density at radius 2 is 1.84 bits per heavy atom. The number of rotatable bonds is 9. The molecule has 0 aromatic heterocycles. The number of Topliss-reactive ketones (excluding diaryl/α,β-unsaturated/α-hetero) is 1. The number of carbonyl (C=O) groups excluding carboxylic acids is 2. The number of carbonyl (C=O) groups is 2. The van der Waals surface area contributed by atoms with Crippen molar-refractivity contribution in [3.63, 3.8) is 0 Å². The van der Waals surface area contributed by atoms with Gasteiger partial charge >= 0.3 is 0 Å². The van der Waals surface area contributed by atoms with Crippen molar-refractivity contribution in [2.75, 3.05) is 13.7 Å². The van der Waals surface area contributed by atoms with Gasteiger partial charge in [-0.1, -0.05) is 47.5 Å². The Bertz CT molecular complexity index is 373. The van der Waals surface area contributed by atoms with Crippen LogP contribution in [0.2, 0.25) is 0 Å². The molecular formula is C20H41NO4. The lowest BCUT2D eigenvalue weighted by atomic mass is 9.92. The number of hydrogen-bond acceptors (Lipinski definition) is 3. The molecule has 5 heteroatoms. The highest BCUT2D eigenvalue weighted by atomic mass is 16.5. The van der Waals surface area contributed by atoms with Crippen LogP contribution in [0.5, 0.6) is 0 Å². The summed E-state index contributed by atoms with van der Waals surface area (Å²) < 4.78 is 5.58. The van der Waals surface area contributed by atoms with Crippen molar-refractivity contribution in [2.45, 2.75) is 92.2 Å². The molecule has 0 aromatic rings. The quantitative estimate of drug-likeness (QED) is 0.630. The van der Waals surface area contributed by atoms with Crippen molar-refractivity contribution in [1.29, 1.82) is 0 Å². The standard InChI is InChI=1S/C18H33NO3.C2H6.H2O/c1-6-13(2)9-7-11-17(21)19-12-8-10-16(19)18(22-5)14(3)15(4)20;1-2;/h13-14,16,18H,6-12H2,1-5H3;1-2H3;1H2/t13-,14-,16-,18?;;/m1../s1. The molecule has 4 atom stereocenters. The van der Waals surface area contributed by atoms with Crippen molar-refractivity contribution in [1.82, 2.24) is 4.90 Å². The Labute approximate surface area is 154 Å². The van der Waals surface area contributed by atoms with Crippen LogP contribution in [0.4, 0.5) is 0 Å². The molecule has 0 aliphatic carbocycles. The summed E-state index contributed by atoms with van der Waals surface area (Å²) in [5, 5.41) is 0. The maximum Gasteiger partial charge on any atom is 0.222 e. The molecule has 1 aliphatic heterocycles. The van der Waals surface area contributed by atoms with Crippen LogP contribution in [0.1, 0.15) is 80.1 Å². The summed E-state index contributed by atoms with van der Waals surface area (Å²) in [5.74, 6) is 0.877. The number of likely N-dealkylation sites (tertiary alicyclic amines) is 1. The van der Waals surface area contributed by atoms with Gasteiger partial charge in [-0.3, -0.25) is 9.59 Å². The molecule has 0 radical (unpaired) electrons. The van der Waals surface area contributed by atoms with E-state index >= 15 is 0 Å². The van der Waals surface area contributed by atoms with Gasteiger partial charge in [-0.05, 0) is 32.1 Å².